The van der Waals surface area contributed by atoms with Gasteiger partial charge in [0.2, 0.25) is 0 Å². The first kappa shape index (κ1) is 15.2. The first-order chi connectivity index (χ1) is 7.33. The lowest BCUT2D eigenvalue weighted by atomic mass is 9.93. The van der Waals surface area contributed by atoms with E-state index in [0.29, 0.717) is 24.2 Å². The lowest BCUT2D eigenvalue weighted by Crippen LogP contribution is -2.11. The van der Waals surface area contributed by atoms with Crippen molar-refractivity contribution in [3.8, 4) is 0 Å². The van der Waals surface area contributed by atoms with Gasteiger partial charge < -0.3 is 9.47 Å². The second-order valence-electron chi connectivity index (χ2n) is 5.19. The van der Waals surface area contributed by atoms with Crippen LogP contribution in [0.1, 0.15) is 40.5 Å². The van der Waals surface area contributed by atoms with E-state index in [1.165, 1.54) is 0 Å². The third-order valence-electron chi connectivity index (χ3n) is 2.01. The number of carbonyl (C=O) groups excluding carboxylic acids is 1. The maximum absolute atomic E-state index is 11.0. The van der Waals surface area contributed by atoms with E-state index in [0.717, 1.165) is 19.4 Å². The van der Waals surface area contributed by atoms with Gasteiger partial charge in [0.05, 0.1) is 6.61 Å². The molecule has 0 amide bonds. The number of esters is 1. The van der Waals surface area contributed by atoms with E-state index >= 15 is 0 Å². The van der Waals surface area contributed by atoms with Crippen LogP contribution >= 0.6 is 0 Å². The molecule has 0 bridgehead atoms. The fourth-order valence-corrected chi connectivity index (χ4v) is 0.929. The molecule has 0 aromatic carbocycles. The second kappa shape index (κ2) is 7.44. The molecule has 3 nitrogen and oxygen atoms in total. The van der Waals surface area contributed by atoms with Crippen LogP contribution in [0.3, 0.4) is 0 Å². The summed E-state index contributed by atoms with van der Waals surface area (Å²) < 4.78 is 10.4. The molecule has 0 aliphatic rings. The van der Waals surface area contributed by atoms with Gasteiger partial charge in [-0.1, -0.05) is 27.4 Å². The molecule has 0 aromatic rings. The monoisotopic (exact) mass is 228 g/mol. The van der Waals surface area contributed by atoms with Crippen molar-refractivity contribution in [3.63, 3.8) is 0 Å². The molecule has 16 heavy (non-hydrogen) atoms. The number of hydrogen-bond donors (Lipinski definition) is 0. The van der Waals surface area contributed by atoms with Crippen LogP contribution in [-0.4, -0.2) is 25.8 Å². The highest BCUT2D eigenvalue weighted by Crippen LogP contribution is 2.17. The normalized spacial score (nSPS) is 11.2. The zero-order valence-electron chi connectivity index (χ0n) is 11.0. The Morgan fingerprint density at radius 3 is 2.31 bits per heavy atom. The maximum atomic E-state index is 11.0. The van der Waals surface area contributed by atoms with Gasteiger partial charge in [-0.05, 0) is 18.8 Å². The van der Waals surface area contributed by atoms with Gasteiger partial charge in [0, 0.05) is 25.2 Å². The maximum Gasteiger partial charge on any atom is 0.333 e. The third-order valence-corrected chi connectivity index (χ3v) is 2.01. The zero-order chi connectivity index (χ0) is 12.6. The van der Waals surface area contributed by atoms with Gasteiger partial charge in [-0.25, -0.2) is 4.79 Å². The first-order valence-corrected chi connectivity index (χ1v) is 5.73. The molecule has 0 atom stereocenters. The average Bonchev–Trinajstić information content (AvgIpc) is 2.14. The highest BCUT2D eigenvalue weighted by atomic mass is 16.5. The smallest absolute Gasteiger partial charge is 0.333 e. The van der Waals surface area contributed by atoms with Gasteiger partial charge in [-0.15, -0.1) is 0 Å². The molecule has 0 spiro atoms. The summed E-state index contributed by atoms with van der Waals surface area (Å²) in [6.07, 6.45) is 1.78. The predicted molar refractivity (Wildman–Crippen MR) is 65.3 cm³/mol. The molecule has 0 aliphatic heterocycles. The van der Waals surface area contributed by atoms with Gasteiger partial charge in [0.25, 0.3) is 0 Å². The molecule has 94 valence electrons. The topological polar surface area (TPSA) is 35.5 Å². The summed E-state index contributed by atoms with van der Waals surface area (Å²) >= 11 is 0. The summed E-state index contributed by atoms with van der Waals surface area (Å²) in [4.78, 5) is 11.0. The Morgan fingerprint density at radius 1 is 1.19 bits per heavy atom. The molecule has 0 aliphatic carbocycles. The highest BCUT2D eigenvalue weighted by Gasteiger charge is 2.09. The van der Waals surface area contributed by atoms with Crippen molar-refractivity contribution in [1.82, 2.24) is 0 Å². The average molecular weight is 228 g/mol. The van der Waals surface area contributed by atoms with Crippen LogP contribution in [0.25, 0.3) is 0 Å². The predicted octanol–water partition coefficient (Wildman–Crippen LogP) is 2.95. The molecule has 3 heteroatoms. The highest BCUT2D eigenvalue weighted by molar-refractivity contribution is 5.86. The van der Waals surface area contributed by atoms with Crippen LogP contribution in [0, 0.1) is 5.41 Å². The van der Waals surface area contributed by atoms with Crippen molar-refractivity contribution in [2.24, 2.45) is 5.41 Å². The Bertz CT molecular complexity index is 226. The first-order valence-electron chi connectivity index (χ1n) is 5.73. The zero-order valence-corrected chi connectivity index (χ0v) is 11.0. The Labute approximate surface area is 98.8 Å². The fraction of sp³-hybridized carbons (Fsp3) is 0.769. The number of carbonyl (C=O) groups is 1. The Hall–Kier alpha value is -0.830. The van der Waals surface area contributed by atoms with E-state index in [2.05, 4.69) is 27.4 Å². The van der Waals surface area contributed by atoms with E-state index in [4.69, 9.17) is 9.47 Å². The van der Waals surface area contributed by atoms with E-state index in [-0.39, 0.29) is 5.97 Å². The third kappa shape index (κ3) is 9.71. The van der Waals surface area contributed by atoms with Crippen molar-refractivity contribution in [1.29, 1.82) is 0 Å². The number of hydrogen-bond acceptors (Lipinski definition) is 3. The summed E-state index contributed by atoms with van der Waals surface area (Å²) in [6, 6.07) is 0. The Morgan fingerprint density at radius 2 is 1.81 bits per heavy atom. The van der Waals surface area contributed by atoms with Crippen LogP contribution in [-0.2, 0) is 14.3 Å². The van der Waals surface area contributed by atoms with Crippen molar-refractivity contribution >= 4 is 5.97 Å². The molecular weight excluding hydrogens is 204 g/mol. The summed E-state index contributed by atoms with van der Waals surface area (Å²) in [7, 11) is 0. The number of rotatable bonds is 7. The van der Waals surface area contributed by atoms with Crippen molar-refractivity contribution in [3.05, 3.63) is 12.2 Å². The summed E-state index contributed by atoms with van der Waals surface area (Å²) in [5, 5.41) is 0. The Kier molecular flexibility index (Phi) is 7.06. The summed E-state index contributed by atoms with van der Waals surface area (Å²) in [5.74, 6) is -0.324. The van der Waals surface area contributed by atoms with E-state index in [1.807, 2.05) is 0 Å². The largest absolute Gasteiger partial charge is 0.462 e. The minimum Gasteiger partial charge on any atom is -0.462 e. The molecule has 0 heterocycles. The number of ether oxygens (including phenoxy) is 2. The standard InChI is InChI=1S/C13H24O3/c1-11(2)12(14)16-9-6-8-15-10-7-13(3,4)5/h1,6-10H2,2-5H3. The van der Waals surface area contributed by atoms with Crippen LogP contribution in [0.2, 0.25) is 0 Å². The van der Waals surface area contributed by atoms with Gasteiger partial charge in [-0.2, -0.15) is 0 Å². The van der Waals surface area contributed by atoms with Crippen LogP contribution in [0.4, 0.5) is 0 Å². The molecule has 0 radical (unpaired) electrons. The minimum absolute atomic E-state index is 0.312. The van der Waals surface area contributed by atoms with E-state index in [9.17, 15) is 4.79 Å². The lowest BCUT2D eigenvalue weighted by Gasteiger charge is -2.17. The van der Waals surface area contributed by atoms with Crippen molar-refractivity contribution in [2.75, 3.05) is 19.8 Å². The van der Waals surface area contributed by atoms with E-state index < -0.39 is 0 Å². The molecular formula is C13H24O3. The SMILES string of the molecule is C=C(C)C(=O)OCCCOCCC(C)(C)C. The molecule has 0 rings (SSSR count). The van der Waals surface area contributed by atoms with Gasteiger partial charge in [0.15, 0.2) is 0 Å². The summed E-state index contributed by atoms with van der Waals surface area (Å²) in [6.45, 7) is 13.5. The molecule has 0 fully saturated rings. The van der Waals surface area contributed by atoms with E-state index in [1.54, 1.807) is 6.92 Å². The fourth-order valence-electron chi connectivity index (χ4n) is 0.929. The molecule has 0 saturated heterocycles. The Balaban J connectivity index is 3.29. The molecule has 0 N–H and O–H groups in total. The molecule has 0 unspecified atom stereocenters. The second-order valence-corrected chi connectivity index (χ2v) is 5.19. The quantitative estimate of drug-likeness (QED) is 0.382. The van der Waals surface area contributed by atoms with Crippen LogP contribution < -0.4 is 0 Å². The minimum atomic E-state index is -0.324. The molecule has 0 saturated carbocycles. The van der Waals surface area contributed by atoms with Crippen molar-refractivity contribution in [2.45, 2.75) is 40.5 Å². The van der Waals surface area contributed by atoms with Crippen LogP contribution in [0.5, 0.6) is 0 Å². The summed E-state index contributed by atoms with van der Waals surface area (Å²) in [5.41, 5.74) is 0.750. The van der Waals surface area contributed by atoms with Crippen molar-refractivity contribution < 1.29 is 14.3 Å². The van der Waals surface area contributed by atoms with Crippen LogP contribution in [0.15, 0.2) is 12.2 Å². The lowest BCUT2D eigenvalue weighted by molar-refractivity contribution is -0.139. The van der Waals surface area contributed by atoms with Gasteiger partial charge in [0.1, 0.15) is 0 Å². The molecule has 0 aromatic heterocycles. The van der Waals surface area contributed by atoms with Gasteiger partial charge in [-0.3, -0.25) is 0 Å². The van der Waals surface area contributed by atoms with Gasteiger partial charge >= 0.3 is 5.97 Å².